The van der Waals surface area contributed by atoms with Gasteiger partial charge in [-0.1, -0.05) is 12.8 Å². The number of nitrogens with zero attached hydrogens (tertiary/aromatic N) is 3. The van der Waals surface area contributed by atoms with Gasteiger partial charge in [-0.05, 0) is 18.9 Å². The van der Waals surface area contributed by atoms with Gasteiger partial charge in [0.2, 0.25) is 0 Å². The Balaban J connectivity index is 2.18. The van der Waals surface area contributed by atoms with Gasteiger partial charge in [0, 0.05) is 44.3 Å². The van der Waals surface area contributed by atoms with Crippen molar-refractivity contribution in [2.24, 2.45) is 0 Å². The van der Waals surface area contributed by atoms with Crippen LogP contribution in [-0.4, -0.2) is 44.2 Å². The van der Waals surface area contributed by atoms with Crippen LogP contribution in [0.3, 0.4) is 0 Å². The zero-order valence-corrected chi connectivity index (χ0v) is 14.0. The summed E-state index contributed by atoms with van der Waals surface area (Å²) in [4.78, 5) is 20.8. The number of thioether (sulfide) groups is 1. The lowest BCUT2D eigenvalue weighted by Gasteiger charge is -2.27. The highest BCUT2D eigenvalue weighted by molar-refractivity contribution is 7.99. The number of carbonyl (C=O) groups is 1. The van der Waals surface area contributed by atoms with Crippen molar-refractivity contribution in [1.29, 1.82) is 0 Å². The summed E-state index contributed by atoms with van der Waals surface area (Å²) in [6.07, 6.45) is 8.70. The standard InChI is InChI=1S/C16H25N3OS/c1-18(2)14-12-17-16(11-15(14)21-10-6-9-20)19(3)13-7-4-5-8-13/h9,11-13H,4-8,10H2,1-3H3. The van der Waals surface area contributed by atoms with E-state index in [1.54, 1.807) is 11.8 Å². The maximum atomic E-state index is 10.5. The molecule has 5 heteroatoms. The molecule has 0 amide bonds. The first-order valence-electron chi connectivity index (χ1n) is 7.60. The van der Waals surface area contributed by atoms with Gasteiger partial charge >= 0.3 is 0 Å². The summed E-state index contributed by atoms with van der Waals surface area (Å²) in [7, 11) is 6.20. The minimum Gasteiger partial charge on any atom is -0.376 e. The molecular weight excluding hydrogens is 282 g/mol. The molecule has 0 N–H and O–H groups in total. The van der Waals surface area contributed by atoms with Crippen LogP contribution >= 0.6 is 11.8 Å². The molecule has 1 saturated carbocycles. The summed E-state index contributed by atoms with van der Waals surface area (Å²) >= 11 is 1.73. The molecule has 1 aliphatic carbocycles. The van der Waals surface area contributed by atoms with E-state index in [0.717, 1.165) is 23.5 Å². The number of pyridine rings is 1. The molecule has 0 radical (unpaired) electrons. The molecule has 1 aromatic heterocycles. The van der Waals surface area contributed by atoms with Gasteiger partial charge in [0.1, 0.15) is 12.1 Å². The molecule has 0 aromatic carbocycles. The molecule has 0 atom stereocenters. The highest BCUT2D eigenvalue weighted by Crippen LogP contribution is 2.33. The van der Waals surface area contributed by atoms with Crippen LogP contribution in [0, 0.1) is 0 Å². The Labute approximate surface area is 131 Å². The third-order valence-corrected chi connectivity index (χ3v) is 5.12. The normalized spacial score (nSPS) is 15.2. The molecular formula is C16H25N3OS. The minimum absolute atomic E-state index is 0.591. The Hall–Kier alpha value is -1.23. The zero-order chi connectivity index (χ0) is 15.2. The van der Waals surface area contributed by atoms with Crippen LogP contribution in [0.25, 0.3) is 0 Å². The van der Waals surface area contributed by atoms with E-state index in [4.69, 9.17) is 0 Å². The van der Waals surface area contributed by atoms with Crippen LogP contribution in [0.15, 0.2) is 17.2 Å². The molecule has 0 unspecified atom stereocenters. The van der Waals surface area contributed by atoms with E-state index in [1.807, 2.05) is 20.3 Å². The fourth-order valence-corrected chi connectivity index (χ4v) is 3.77. The third-order valence-electron chi connectivity index (χ3n) is 4.04. The molecule has 0 saturated heterocycles. The van der Waals surface area contributed by atoms with Crippen LogP contribution in [0.2, 0.25) is 0 Å². The van der Waals surface area contributed by atoms with E-state index in [0.29, 0.717) is 12.5 Å². The van der Waals surface area contributed by atoms with Crippen molar-refractivity contribution >= 4 is 29.6 Å². The van der Waals surface area contributed by atoms with E-state index >= 15 is 0 Å². The largest absolute Gasteiger partial charge is 0.376 e. The van der Waals surface area contributed by atoms with Crippen LogP contribution in [0.4, 0.5) is 11.5 Å². The fraction of sp³-hybridized carbons (Fsp3) is 0.625. The summed E-state index contributed by atoms with van der Waals surface area (Å²) in [5, 5.41) is 0. The third kappa shape index (κ3) is 4.13. The predicted octanol–water partition coefficient (Wildman–Crippen LogP) is 3.21. The molecule has 0 spiro atoms. The minimum atomic E-state index is 0.591. The Morgan fingerprint density at radius 3 is 2.67 bits per heavy atom. The Morgan fingerprint density at radius 1 is 1.33 bits per heavy atom. The predicted molar refractivity (Wildman–Crippen MR) is 90.6 cm³/mol. The van der Waals surface area contributed by atoms with Gasteiger partial charge in [-0.25, -0.2) is 4.98 Å². The topological polar surface area (TPSA) is 36.4 Å². The second kappa shape index (κ2) is 7.69. The van der Waals surface area contributed by atoms with E-state index in [-0.39, 0.29) is 0 Å². The average Bonchev–Trinajstić information content (AvgIpc) is 3.00. The quantitative estimate of drug-likeness (QED) is 0.439. The van der Waals surface area contributed by atoms with E-state index in [9.17, 15) is 4.79 Å². The summed E-state index contributed by atoms with van der Waals surface area (Å²) in [5.74, 6) is 1.86. The molecule has 1 fully saturated rings. The van der Waals surface area contributed by atoms with Crippen molar-refractivity contribution in [2.45, 2.75) is 43.0 Å². The van der Waals surface area contributed by atoms with Gasteiger partial charge in [-0.3, -0.25) is 0 Å². The lowest BCUT2D eigenvalue weighted by atomic mass is 10.2. The van der Waals surface area contributed by atoms with Gasteiger partial charge < -0.3 is 14.6 Å². The number of carbonyl (C=O) groups excluding carboxylic acids is 1. The Kier molecular flexibility index (Phi) is 5.91. The molecule has 0 aliphatic heterocycles. The van der Waals surface area contributed by atoms with Crippen molar-refractivity contribution in [3.8, 4) is 0 Å². The first-order valence-corrected chi connectivity index (χ1v) is 8.58. The summed E-state index contributed by atoms with van der Waals surface area (Å²) < 4.78 is 0. The first kappa shape index (κ1) is 16.1. The van der Waals surface area contributed by atoms with Gasteiger partial charge in [-0.2, -0.15) is 0 Å². The number of hydrogen-bond donors (Lipinski definition) is 0. The van der Waals surface area contributed by atoms with Crippen LogP contribution in [-0.2, 0) is 4.79 Å². The van der Waals surface area contributed by atoms with Crippen LogP contribution < -0.4 is 9.80 Å². The number of rotatable bonds is 7. The number of anilines is 2. The molecule has 2 rings (SSSR count). The smallest absolute Gasteiger partial charge is 0.129 e. The van der Waals surface area contributed by atoms with E-state index < -0.39 is 0 Å². The number of hydrogen-bond acceptors (Lipinski definition) is 5. The highest BCUT2D eigenvalue weighted by Gasteiger charge is 2.21. The van der Waals surface area contributed by atoms with Gasteiger partial charge in [-0.15, -0.1) is 11.8 Å². The van der Waals surface area contributed by atoms with Crippen molar-refractivity contribution in [1.82, 2.24) is 4.98 Å². The fourth-order valence-electron chi connectivity index (χ4n) is 2.76. The summed E-state index contributed by atoms with van der Waals surface area (Å²) in [5.41, 5.74) is 1.12. The molecule has 1 heterocycles. The molecule has 21 heavy (non-hydrogen) atoms. The monoisotopic (exact) mass is 307 g/mol. The highest BCUT2D eigenvalue weighted by atomic mass is 32.2. The second-order valence-electron chi connectivity index (χ2n) is 5.76. The zero-order valence-electron chi connectivity index (χ0n) is 13.2. The van der Waals surface area contributed by atoms with Crippen LogP contribution in [0.1, 0.15) is 32.1 Å². The maximum absolute atomic E-state index is 10.5. The Morgan fingerprint density at radius 2 is 2.05 bits per heavy atom. The van der Waals surface area contributed by atoms with Gasteiger partial charge in [0.25, 0.3) is 0 Å². The van der Waals surface area contributed by atoms with Gasteiger partial charge in [0.05, 0.1) is 11.9 Å². The van der Waals surface area contributed by atoms with E-state index in [2.05, 4.69) is 27.9 Å². The lowest BCUT2D eigenvalue weighted by Crippen LogP contribution is -2.29. The first-order chi connectivity index (χ1) is 10.1. The molecule has 0 bridgehead atoms. The van der Waals surface area contributed by atoms with E-state index in [1.165, 1.54) is 30.6 Å². The summed E-state index contributed by atoms with van der Waals surface area (Å²) in [6.45, 7) is 0. The number of aromatic nitrogens is 1. The second-order valence-corrected chi connectivity index (χ2v) is 6.89. The Bertz CT molecular complexity index is 473. The molecule has 1 aliphatic rings. The SMILES string of the molecule is CN(C)c1cnc(N(C)C2CCCC2)cc1SCCC=O. The van der Waals surface area contributed by atoms with Crippen molar-refractivity contribution < 1.29 is 4.79 Å². The molecule has 1 aromatic rings. The summed E-state index contributed by atoms with van der Waals surface area (Å²) in [6, 6.07) is 2.79. The van der Waals surface area contributed by atoms with Crippen molar-refractivity contribution in [2.75, 3.05) is 36.7 Å². The maximum Gasteiger partial charge on any atom is 0.129 e. The average molecular weight is 307 g/mol. The number of aldehydes is 1. The van der Waals surface area contributed by atoms with Crippen LogP contribution in [0.5, 0.6) is 0 Å². The van der Waals surface area contributed by atoms with Crippen molar-refractivity contribution in [3.63, 3.8) is 0 Å². The molecule has 4 nitrogen and oxygen atoms in total. The van der Waals surface area contributed by atoms with Gasteiger partial charge in [0.15, 0.2) is 0 Å². The lowest BCUT2D eigenvalue weighted by molar-refractivity contribution is -0.107. The molecule has 116 valence electrons. The van der Waals surface area contributed by atoms with Crippen molar-refractivity contribution in [3.05, 3.63) is 12.3 Å².